The fourth-order valence-electron chi connectivity index (χ4n) is 5.12. The zero-order chi connectivity index (χ0) is 23.7. The summed E-state index contributed by atoms with van der Waals surface area (Å²) in [7, 11) is 0. The van der Waals surface area contributed by atoms with Crippen molar-refractivity contribution < 1.29 is 14.4 Å². The molecule has 0 bridgehead atoms. The van der Waals surface area contributed by atoms with Crippen LogP contribution >= 0.6 is 0 Å². The molecule has 0 spiro atoms. The Morgan fingerprint density at radius 1 is 1.00 bits per heavy atom. The average Bonchev–Trinajstić information content (AvgIpc) is 3.46. The molecule has 6 heteroatoms. The average molecular weight is 456 g/mol. The van der Waals surface area contributed by atoms with E-state index in [9.17, 15) is 14.4 Å². The second-order valence-corrected chi connectivity index (χ2v) is 9.25. The third-order valence-corrected chi connectivity index (χ3v) is 7.01. The molecule has 3 aromatic rings. The van der Waals surface area contributed by atoms with Crippen molar-refractivity contribution in [2.24, 2.45) is 0 Å². The minimum atomic E-state index is -0.649. The number of carbonyl (C=O) groups is 3. The van der Waals surface area contributed by atoms with Gasteiger partial charge in [-0.3, -0.25) is 19.3 Å². The van der Waals surface area contributed by atoms with Gasteiger partial charge in [0.25, 0.3) is 5.91 Å². The maximum Gasteiger partial charge on any atom is 0.259 e. The molecular weight excluding hydrogens is 426 g/mol. The van der Waals surface area contributed by atoms with Crippen LogP contribution in [0.15, 0.2) is 66.7 Å². The molecule has 1 N–H and O–H groups in total. The lowest BCUT2D eigenvalue weighted by atomic mass is 10.1. The van der Waals surface area contributed by atoms with Crippen LogP contribution in [0.3, 0.4) is 0 Å². The van der Waals surface area contributed by atoms with Crippen molar-refractivity contribution in [1.82, 2.24) is 10.2 Å². The Balaban J connectivity index is 1.40. The first-order valence-corrected chi connectivity index (χ1v) is 12.0. The topological polar surface area (TPSA) is 69.7 Å². The van der Waals surface area contributed by atoms with Crippen LogP contribution < -0.4 is 10.2 Å². The lowest BCUT2D eigenvalue weighted by Gasteiger charge is -2.31. The molecule has 2 aliphatic rings. The maximum absolute atomic E-state index is 13.7. The van der Waals surface area contributed by atoms with Gasteiger partial charge in [-0.05, 0) is 42.8 Å². The molecule has 1 aliphatic heterocycles. The van der Waals surface area contributed by atoms with E-state index in [1.54, 1.807) is 22.8 Å². The van der Waals surface area contributed by atoms with Crippen LogP contribution in [0, 0.1) is 0 Å². The first kappa shape index (κ1) is 22.1. The molecule has 0 unspecified atom stereocenters. The van der Waals surface area contributed by atoms with Crippen LogP contribution in [-0.4, -0.2) is 41.2 Å². The van der Waals surface area contributed by atoms with Gasteiger partial charge in [0.05, 0.1) is 5.69 Å². The van der Waals surface area contributed by atoms with E-state index in [4.69, 9.17) is 0 Å². The molecule has 3 aromatic carbocycles. The molecule has 34 heavy (non-hydrogen) atoms. The summed E-state index contributed by atoms with van der Waals surface area (Å²) in [5, 5.41) is 4.97. The normalized spacial score (nSPS) is 16.1. The first-order valence-electron chi connectivity index (χ1n) is 12.0. The first-order chi connectivity index (χ1) is 16.5. The van der Waals surface area contributed by atoms with Crippen LogP contribution in [0.5, 0.6) is 0 Å². The lowest BCUT2D eigenvalue weighted by Crippen LogP contribution is -2.52. The maximum atomic E-state index is 13.7. The van der Waals surface area contributed by atoms with E-state index in [-0.39, 0.29) is 30.3 Å². The molecule has 6 nitrogen and oxygen atoms in total. The Hall–Kier alpha value is -3.67. The summed E-state index contributed by atoms with van der Waals surface area (Å²) >= 11 is 0. The van der Waals surface area contributed by atoms with Gasteiger partial charge in [0.15, 0.2) is 0 Å². The Morgan fingerprint density at radius 2 is 1.71 bits per heavy atom. The van der Waals surface area contributed by atoms with Gasteiger partial charge in [-0.1, -0.05) is 67.4 Å². The van der Waals surface area contributed by atoms with E-state index < -0.39 is 6.04 Å². The van der Waals surface area contributed by atoms with Gasteiger partial charge in [-0.15, -0.1) is 0 Å². The molecule has 174 valence electrons. The molecule has 1 saturated carbocycles. The lowest BCUT2D eigenvalue weighted by molar-refractivity contribution is -0.139. The summed E-state index contributed by atoms with van der Waals surface area (Å²) in [4.78, 5) is 43.1. The summed E-state index contributed by atoms with van der Waals surface area (Å²) in [6.45, 7) is 1.96. The zero-order valence-electron chi connectivity index (χ0n) is 19.4. The number of amides is 3. The third kappa shape index (κ3) is 4.16. The van der Waals surface area contributed by atoms with Crippen molar-refractivity contribution in [3.63, 3.8) is 0 Å². The largest absolute Gasteiger partial charge is 0.352 e. The Morgan fingerprint density at radius 3 is 2.44 bits per heavy atom. The van der Waals surface area contributed by atoms with Crippen molar-refractivity contribution >= 4 is 34.2 Å². The number of benzene rings is 3. The monoisotopic (exact) mass is 455 g/mol. The van der Waals surface area contributed by atoms with E-state index in [0.29, 0.717) is 12.1 Å². The Kier molecular flexibility index (Phi) is 6.05. The molecule has 0 radical (unpaired) electrons. The summed E-state index contributed by atoms with van der Waals surface area (Å²) < 4.78 is 0. The predicted octanol–water partition coefficient (Wildman–Crippen LogP) is 4.28. The summed E-state index contributed by atoms with van der Waals surface area (Å²) in [6, 6.07) is 20.6. The van der Waals surface area contributed by atoms with Gasteiger partial charge in [-0.2, -0.15) is 0 Å². The van der Waals surface area contributed by atoms with Crippen LogP contribution in [-0.2, 0) is 16.1 Å². The number of hydrogen-bond donors (Lipinski definition) is 1. The number of carbonyl (C=O) groups excluding carboxylic acids is 3. The number of nitrogens with one attached hydrogen (secondary N) is 1. The Labute approximate surface area is 199 Å². The molecule has 1 aliphatic carbocycles. The van der Waals surface area contributed by atoms with E-state index in [0.717, 1.165) is 47.7 Å². The molecule has 3 amide bonds. The second kappa shape index (κ2) is 9.29. The Bertz CT molecular complexity index is 1230. The fourth-order valence-corrected chi connectivity index (χ4v) is 5.12. The standard InChI is InChI=1S/C28H29N3O3/c1-19(27(33)29-22-13-5-6-14-22)30(17-20-9-3-2-4-10-20)25(32)18-31-24-16-8-12-21-11-7-15-23(26(21)24)28(31)34/h2-4,7-12,15-16,19,22H,5-6,13-14,17-18H2,1H3,(H,29,33)/t19-/m0/s1. The zero-order valence-corrected chi connectivity index (χ0v) is 19.4. The number of nitrogens with zero attached hydrogens (tertiary/aromatic N) is 2. The highest BCUT2D eigenvalue weighted by Crippen LogP contribution is 2.37. The minimum absolute atomic E-state index is 0.111. The summed E-state index contributed by atoms with van der Waals surface area (Å²) in [5.74, 6) is -0.576. The number of hydrogen-bond acceptors (Lipinski definition) is 3. The second-order valence-electron chi connectivity index (χ2n) is 9.25. The highest BCUT2D eigenvalue weighted by Gasteiger charge is 2.34. The molecule has 0 saturated heterocycles. The van der Waals surface area contributed by atoms with Crippen molar-refractivity contribution in [1.29, 1.82) is 0 Å². The summed E-state index contributed by atoms with van der Waals surface area (Å²) in [5.41, 5.74) is 2.30. The van der Waals surface area contributed by atoms with Crippen LogP contribution in [0.1, 0.15) is 48.5 Å². The SMILES string of the molecule is C[C@@H](C(=O)NC1CCCC1)N(Cc1ccccc1)C(=O)CN1C(=O)c2cccc3cccc1c23. The van der Waals surface area contributed by atoms with Crippen LogP contribution in [0.4, 0.5) is 5.69 Å². The van der Waals surface area contributed by atoms with Crippen molar-refractivity contribution in [3.05, 3.63) is 77.9 Å². The molecule has 5 rings (SSSR count). The van der Waals surface area contributed by atoms with Gasteiger partial charge in [0.1, 0.15) is 12.6 Å². The van der Waals surface area contributed by atoms with Gasteiger partial charge in [0, 0.05) is 23.5 Å². The quantitative estimate of drug-likeness (QED) is 0.578. The van der Waals surface area contributed by atoms with E-state index >= 15 is 0 Å². The minimum Gasteiger partial charge on any atom is -0.352 e. The highest BCUT2D eigenvalue weighted by atomic mass is 16.2. The highest BCUT2D eigenvalue weighted by molar-refractivity contribution is 6.26. The summed E-state index contributed by atoms with van der Waals surface area (Å²) in [6.07, 6.45) is 4.20. The smallest absolute Gasteiger partial charge is 0.259 e. The van der Waals surface area contributed by atoms with E-state index in [1.165, 1.54) is 0 Å². The predicted molar refractivity (Wildman–Crippen MR) is 132 cm³/mol. The van der Waals surface area contributed by atoms with E-state index in [1.807, 2.05) is 60.7 Å². The van der Waals surface area contributed by atoms with Gasteiger partial charge < -0.3 is 10.2 Å². The van der Waals surface area contributed by atoms with Gasteiger partial charge in [0.2, 0.25) is 11.8 Å². The van der Waals surface area contributed by atoms with E-state index in [2.05, 4.69) is 5.32 Å². The fraction of sp³-hybridized carbons (Fsp3) is 0.321. The van der Waals surface area contributed by atoms with Crippen LogP contribution in [0.2, 0.25) is 0 Å². The number of anilines is 1. The van der Waals surface area contributed by atoms with Gasteiger partial charge >= 0.3 is 0 Å². The molecule has 1 atom stereocenters. The van der Waals surface area contributed by atoms with Crippen LogP contribution in [0.25, 0.3) is 10.8 Å². The molecule has 0 aromatic heterocycles. The van der Waals surface area contributed by atoms with Gasteiger partial charge in [-0.25, -0.2) is 0 Å². The molecule has 1 heterocycles. The van der Waals surface area contributed by atoms with Crippen molar-refractivity contribution in [3.8, 4) is 0 Å². The molecule has 1 fully saturated rings. The van der Waals surface area contributed by atoms with Crippen molar-refractivity contribution in [2.45, 2.75) is 51.2 Å². The number of rotatable bonds is 7. The van der Waals surface area contributed by atoms with Crippen molar-refractivity contribution in [2.75, 3.05) is 11.4 Å². The third-order valence-electron chi connectivity index (χ3n) is 7.01. The molecular formula is C28H29N3O3.